The summed E-state index contributed by atoms with van der Waals surface area (Å²) >= 11 is 3.51. The first-order valence-electron chi connectivity index (χ1n) is 8.28. The fraction of sp³-hybridized carbons (Fsp3) is 0.200. The molecule has 0 radical (unpaired) electrons. The van der Waals surface area contributed by atoms with Gasteiger partial charge in [-0.15, -0.1) is 0 Å². The van der Waals surface area contributed by atoms with E-state index in [-0.39, 0.29) is 12.0 Å². The normalized spacial score (nSPS) is 11.5. The van der Waals surface area contributed by atoms with Crippen molar-refractivity contribution in [3.05, 3.63) is 56.8 Å². The molecule has 0 saturated carbocycles. The van der Waals surface area contributed by atoms with Gasteiger partial charge >= 0.3 is 5.97 Å². The topological polar surface area (TPSA) is 57.0 Å². The van der Waals surface area contributed by atoms with E-state index in [1.807, 2.05) is 34.9 Å². The maximum Gasteiger partial charge on any atom is 0.344 e. The average molecular weight is 414 g/mol. The molecule has 6 heteroatoms. The van der Waals surface area contributed by atoms with Gasteiger partial charge in [-0.3, -0.25) is 4.79 Å². The number of benzene rings is 2. The Bertz CT molecular complexity index is 1210. The van der Waals surface area contributed by atoms with Crippen LogP contribution in [0.1, 0.15) is 12.5 Å². The molecule has 0 saturated heterocycles. The van der Waals surface area contributed by atoms with Crippen LogP contribution in [-0.2, 0) is 9.53 Å². The van der Waals surface area contributed by atoms with Gasteiger partial charge < -0.3 is 13.9 Å². The SMILES string of the molecule is CCOC(=O)COc1cc2c(=O)c(C)cn3c4ccc(Br)cc4c(c1)c23. The number of aryl methyl sites for hydroxylation is 1. The van der Waals surface area contributed by atoms with Crippen LogP contribution in [0.25, 0.3) is 27.2 Å². The third kappa shape index (κ3) is 2.61. The number of hydrogen-bond acceptors (Lipinski definition) is 4. The van der Waals surface area contributed by atoms with E-state index in [0.29, 0.717) is 23.3 Å². The summed E-state index contributed by atoms with van der Waals surface area (Å²) in [5.74, 6) is 0.0384. The van der Waals surface area contributed by atoms with E-state index in [0.717, 1.165) is 26.3 Å². The molecular weight excluding hydrogens is 398 g/mol. The summed E-state index contributed by atoms with van der Waals surface area (Å²) < 4.78 is 13.5. The van der Waals surface area contributed by atoms with Gasteiger partial charge in [0.15, 0.2) is 12.0 Å². The van der Waals surface area contributed by atoms with Crippen molar-refractivity contribution in [2.24, 2.45) is 0 Å². The molecule has 0 bridgehead atoms. The van der Waals surface area contributed by atoms with Crippen LogP contribution in [0.3, 0.4) is 0 Å². The lowest BCUT2D eigenvalue weighted by atomic mass is 10.1. The zero-order valence-corrected chi connectivity index (χ0v) is 15.9. The molecule has 0 aliphatic heterocycles. The lowest BCUT2D eigenvalue weighted by Gasteiger charge is -2.08. The highest BCUT2D eigenvalue weighted by Crippen LogP contribution is 2.35. The van der Waals surface area contributed by atoms with E-state index in [1.165, 1.54) is 0 Å². The highest BCUT2D eigenvalue weighted by molar-refractivity contribution is 9.10. The number of halogens is 1. The zero-order chi connectivity index (χ0) is 18.4. The Kier molecular flexibility index (Phi) is 4.07. The summed E-state index contributed by atoms with van der Waals surface area (Å²) in [5.41, 5.74) is 2.49. The number of esters is 1. The van der Waals surface area contributed by atoms with E-state index in [4.69, 9.17) is 9.47 Å². The summed E-state index contributed by atoms with van der Waals surface area (Å²) in [5, 5.41) is 2.50. The number of rotatable bonds is 4. The van der Waals surface area contributed by atoms with E-state index in [1.54, 1.807) is 19.9 Å². The lowest BCUT2D eigenvalue weighted by molar-refractivity contribution is -0.145. The molecule has 0 aliphatic carbocycles. The molecule has 0 aliphatic rings. The van der Waals surface area contributed by atoms with Gasteiger partial charge in [0.2, 0.25) is 0 Å². The summed E-state index contributed by atoms with van der Waals surface area (Å²) in [4.78, 5) is 24.3. The minimum Gasteiger partial charge on any atom is -0.482 e. The molecule has 26 heavy (non-hydrogen) atoms. The molecule has 5 nitrogen and oxygen atoms in total. The molecule has 0 amide bonds. The predicted octanol–water partition coefficient (Wildman–Crippen LogP) is 4.06. The largest absolute Gasteiger partial charge is 0.482 e. The Morgan fingerprint density at radius 3 is 2.69 bits per heavy atom. The standard InChI is InChI=1S/C20H16BrNO4/c1-3-25-18(23)10-26-13-7-15-14-6-12(21)4-5-17(14)22-9-11(2)20(24)16(8-13)19(15)22/h4-9H,3,10H2,1-2H3. The number of pyridine rings is 1. The molecule has 2 aromatic carbocycles. The van der Waals surface area contributed by atoms with Gasteiger partial charge in [-0.2, -0.15) is 0 Å². The van der Waals surface area contributed by atoms with Crippen LogP contribution in [-0.4, -0.2) is 23.6 Å². The van der Waals surface area contributed by atoms with E-state index < -0.39 is 5.97 Å². The quantitative estimate of drug-likeness (QED) is 0.473. The molecule has 4 aromatic rings. The van der Waals surface area contributed by atoms with Gasteiger partial charge in [0, 0.05) is 27.0 Å². The van der Waals surface area contributed by atoms with Gasteiger partial charge in [-0.05, 0) is 44.2 Å². The van der Waals surface area contributed by atoms with Gasteiger partial charge in [0.25, 0.3) is 0 Å². The second-order valence-corrected chi connectivity index (χ2v) is 7.05. The molecule has 0 N–H and O–H groups in total. The zero-order valence-electron chi connectivity index (χ0n) is 14.3. The Balaban J connectivity index is 1.98. The van der Waals surface area contributed by atoms with Crippen molar-refractivity contribution >= 4 is 49.1 Å². The first-order chi connectivity index (χ1) is 12.5. The summed E-state index contributed by atoms with van der Waals surface area (Å²) in [6.45, 7) is 3.66. The minimum atomic E-state index is -0.436. The number of carbonyl (C=O) groups is 1. The van der Waals surface area contributed by atoms with Crippen molar-refractivity contribution in [1.29, 1.82) is 0 Å². The maximum absolute atomic E-state index is 12.7. The van der Waals surface area contributed by atoms with E-state index in [2.05, 4.69) is 15.9 Å². The molecule has 0 fully saturated rings. The third-order valence-electron chi connectivity index (χ3n) is 4.42. The smallest absolute Gasteiger partial charge is 0.344 e. The average Bonchev–Trinajstić information content (AvgIpc) is 2.91. The molecular formula is C20H16BrNO4. The highest BCUT2D eigenvalue weighted by atomic mass is 79.9. The van der Waals surface area contributed by atoms with Gasteiger partial charge in [-0.25, -0.2) is 4.79 Å². The van der Waals surface area contributed by atoms with Gasteiger partial charge in [-0.1, -0.05) is 15.9 Å². The van der Waals surface area contributed by atoms with Crippen molar-refractivity contribution in [3.8, 4) is 5.75 Å². The van der Waals surface area contributed by atoms with Crippen LogP contribution in [0, 0.1) is 6.92 Å². The van der Waals surface area contributed by atoms with Crippen molar-refractivity contribution in [2.75, 3.05) is 13.2 Å². The van der Waals surface area contributed by atoms with Crippen LogP contribution < -0.4 is 10.2 Å². The number of nitrogens with zero attached hydrogens (tertiary/aromatic N) is 1. The van der Waals surface area contributed by atoms with Gasteiger partial charge in [0.05, 0.1) is 23.0 Å². The lowest BCUT2D eigenvalue weighted by Crippen LogP contribution is -2.15. The van der Waals surface area contributed by atoms with Crippen molar-refractivity contribution in [3.63, 3.8) is 0 Å². The monoisotopic (exact) mass is 413 g/mol. The first-order valence-corrected chi connectivity index (χ1v) is 9.07. The van der Waals surface area contributed by atoms with Crippen molar-refractivity contribution in [1.82, 2.24) is 4.40 Å². The Morgan fingerprint density at radius 1 is 1.15 bits per heavy atom. The van der Waals surface area contributed by atoms with Gasteiger partial charge in [0.1, 0.15) is 5.75 Å². The number of fused-ring (bicyclic) bond motifs is 3. The predicted molar refractivity (Wildman–Crippen MR) is 104 cm³/mol. The number of aromatic nitrogens is 1. The van der Waals surface area contributed by atoms with Crippen molar-refractivity contribution in [2.45, 2.75) is 13.8 Å². The first kappa shape index (κ1) is 16.8. The van der Waals surface area contributed by atoms with E-state index >= 15 is 0 Å². The number of ether oxygens (including phenoxy) is 2. The van der Waals surface area contributed by atoms with Crippen LogP contribution in [0.4, 0.5) is 0 Å². The minimum absolute atomic E-state index is 0.0362. The molecule has 0 unspecified atom stereocenters. The van der Waals surface area contributed by atoms with E-state index in [9.17, 15) is 9.59 Å². The molecule has 132 valence electrons. The molecule has 2 heterocycles. The maximum atomic E-state index is 12.7. The van der Waals surface area contributed by atoms with Crippen LogP contribution >= 0.6 is 15.9 Å². The summed E-state index contributed by atoms with van der Waals surface area (Å²) in [7, 11) is 0. The van der Waals surface area contributed by atoms with Crippen LogP contribution in [0.5, 0.6) is 5.75 Å². The number of carbonyl (C=O) groups excluding carboxylic acids is 1. The van der Waals surface area contributed by atoms with Crippen molar-refractivity contribution < 1.29 is 14.3 Å². The fourth-order valence-corrected chi connectivity index (χ4v) is 3.69. The summed E-state index contributed by atoms with van der Waals surface area (Å²) in [6.07, 6.45) is 1.87. The van der Waals surface area contributed by atoms with Crippen LogP contribution in [0.2, 0.25) is 0 Å². The fourth-order valence-electron chi connectivity index (χ4n) is 3.33. The second-order valence-electron chi connectivity index (χ2n) is 6.13. The summed E-state index contributed by atoms with van der Waals surface area (Å²) in [6, 6.07) is 9.58. The highest BCUT2D eigenvalue weighted by Gasteiger charge is 2.17. The Hall–Kier alpha value is -2.60. The molecule has 4 rings (SSSR count). The Morgan fingerprint density at radius 2 is 1.92 bits per heavy atom. The molecule has 2 aromatic heterocycles. The van der Waals surface area contributed by atoms with Crippen LogP contribution in [0.15, 0.2) is 45.8 Å². The second kappa shape index (κ2) is 6.29. The number of hydrogen-bond donors (Lipinski definition) is 0. The Labute approximate surface area is 157 Å². The molecule has 0 atom stereocenters. The molecule has 0 spiro atoms. The third-order valence-corrected chi connectivity index (χ3v) is 4.91.